The summed E-state index contributed by atoms with van der Waals surface area (Å²) in [5, 5.41) is 0. The quantitative estimate of drug-likeness (QED) is 0.492. The largest absolute Gasteiger partial charge is 0.378 e. The lowest BCUT2D eigenvalue weighted by atomic mass is 9.91. The summed E-state index contributed by atoms with van der Waals surface area (Å²) < 4.78 is 5.50. The Morgan fingerprint density at radius 3 is 2.83 bits per heavy atom. The van der Waals surface area contributed by atoms with Crippen molar-refractivity contribution in [2.75, 3.05) is 6.61 Å². The van der Waals surface area contributed by atoms with E-state index in [0.29, 0.717) is 18.1 Å². The molecule has 0 radical (unpaired) electrons. The van der Waals surface area contributed by atoms with Gasteiger partial charge in [-0.2, -0.15) is 0 Å². The van der Waals surface area contributed by atoms with Gasteiger partial charge >= 0.3 is 0 Å². The predicted molar refractivity (Wildman–Crippen MR) is 49.5 cm³/mol. The molecule has 3 N–H and O–H groups in total. The van der Waals surface area contributed by atoms with E-state index in [0.717, 1.165) is 19.4 Å². The fourth-order valence-corrected chi connectivity index (χ4v) is 2.01. The molecule has 0 aliphatic carbocycles. The van der Waals surface area contributed by atoms with Crippen molar-refractivity contribution in [1.82, 2.24) is 5.43 Å². The highest BCUT2D eigenvalue weighted by molar-refractivity contribution is 4.82. The van der Waals surface area contributed by atoms with Gasteiger partial charge in [0.1, 0.15) is 0 Å². The lowest BCUT2D eigenvalue weighted by molar-refractivity contribution is 0.0942. The maximum atomic E-state index is 5.50. The van der Waals surface area contributed by atoms with Crippen LogP contribution in [0.15, 0.2) is 0 Å². The topological polar surface area (TPSA) is 47.3 Å². The Kier molecular flexibility index (Phi) is 3.98. The Morgan fingerprint density at radius 1 is 1.67 bits per heavy atom. The highest BCUT2D eigenvalue weighted by Gasteiger charge is 2.30. The molecule has 1 saturated heterocycles. The van der Waals surface area contributed by atoms with Gasteiger partial charge in [0.2, 0.25) is 0 Å². The molecule has 1 heterocycles. The number of nitrogens with one attached hydrogen (secondary N) is 1. The van der Waals surface area contributed by atoms with E-state index in [1.54, 1.807) is 0 Å². The zero-order valence-corrected chi connectivity index (χ0v) is 8.05. The van der Waals surface area contributed by atoms with Gasteiger partial charge in [-0.3, -0.25) is 11.3 Å². The van der Waals surface area contributed by atoms with Crippen LogP contribution in [0, 0.1) is 5.92 Å². The molecule has 0 bridgehead atoms. The van der Waals surface area contributed by atoms with Crippen LogP contribution in [0.25, 0.3) is 0 Å². The van der Waals surface area contributed by atoms with Gasteiger partial charge in [-0.1, -0.05) is 13.3 Å². The van der Waals surface area contributed by atoms with E-state index in [1.807, 2.05) is 0 Å². The third-order valence-electron chi connectivity index (χ3n) is 2.77. The van der Waals surface area contributed by atoms with Crippen LogP contribution < -0.4 is 11.3 Å². The van der Waals surface area contributed by atoms with Crippen molar-refractivity contribution in [3.05, 3.63) is 0 Å². The lowest BCUT2D eigenvalue weighted by Gasteiger charge is -2.24. The summed E-state index contributed by atoms with van der Waals surface area (Å²) in [7, 11) is 0. The Hall–Kier alpha value is -0.120. The summed E-state index contributed by atoms with van der Waals surface area (Å²) in [6.07, 6.45) is 3.85. The molecule has 72 valence electrons. The normalized spacial score (nSPS) is 32.2. The van der Waals surface area contributed by atoms with Crippen molar-refractivity contribution >= 4 is 0 Å². The van der Waals surface area contributed by atoms with Gasteiger partial charge in [0, 0.05) is 18.6 Å². The number of hydrazine groups is 1. The fraction of sp³-hybridized carbons (Fsp3) is 1.00. The van der Waals surface area contributed by atoms with E-state index in [9.17, 15) is 0 Å². The van der Waals surface area contributed by atoms with Gasteiger partial charge < -0.3 is 4.74 Å². The van der Waals surface area contributed by atoms with Crippen LogP contribution in [0.4, 0.5) is 0 Å². The zero-order valence-electron chi connectivity index (χ0n) is 8.05. The summed E-state index contributed by atoms with van der Waals surface area (Å²) in [4.78, 5) is 0. The molecule has 3 unspecified atom stereocenters. The smallest absolute Gasteiger partial charge is 0.0591 e. The van der Waals surface area contributed by atoms with Crippen molar-refractivity contribution in [3.63, 3.8) is 0 Å². The molecule has 0 saturated carbocycles. The van der Waals surface area contributed by atoms with E-state index in [-0.39, 0.29) is 0 Å². The standard InChI is InChI=1S/C9H20N2O/c1-3-4-9(11-10)8-5-6-12-7(8)2/h7-9,11H,3-6,10H2,1-2H3. The third-order valence-corrected chi connectivity index (χ3v) is 2.77. The van der Waals surface area contributed by atoms with Gasteiger partial charge in [0.25, 0.3) is 0 Å². The minimum atomic E-state index is 0.373. The van der Waals surface area contributed by atoms with Gasteiger partial charge in [0.15, 0.2) is 0 Å². The number of hydrogen-bond donors (Lipinski definition) is 2. The molecule has 0 aromatic heterocycles. The molecular weight excluding hydrogens is 152 g/mol. The summed E-state index contributed by atoms with van der Waals surface area (Å²) in [6, 6.07) is 0.437. The molecule has 12 heavy (non-hydrogen) atoms. The first-order valence-electron chi connectivity index (χ1n) is 4.87. The van der Waals surface area contributed by atoms with Crippen LogP contribution >= 0.6 is 0 Å². The molecule has 0 spiro atoms. The summed E-state index contributed by atoms with van der Waals surface area (Å²) in [6.45, 7) is 5.22. The van der Waals surface area contributed by atoms with Crippen LogP contribution in [-0.2, 0) is 4.74 Å². The summed E-state index contributed by atoms with van der Waals surface area (Å²) in [5.74, 6) is 6.10. The first kappa shape index (κ1) is 9.96. The monoisotopic (exact) mass is 172 g/mol. The van der Waals surface area contributed by atoms with E-state index in [2.05, 4.69) is 19.3 Å². The lowest BCUT2D eigenvalue weighted by Crippen LogP contribution is -2.43. The third kappa shape index (κ3) is 2.19. The van der Waals surface area contributed by atoms with E-state index < -0.39 is 0 Å². The molecule has 1 fully saturated rings. The molecular formula is C9H20N2O. The SMILES string of the molecule is CCCC(NN)C1CCOC1C. The van der Waals surface area contributed by atoms with Crippen molar-refractivity contribution in [3.8, 4) is 0 Å². The molecule has 0 aromatic rings. The minimum Gasteiger partial charge on any atom is -0.378 e. The Labute approximate surface area is 74.6 Å². The Morgan fingerprint density at radius 2 is 2.42 bits per heavy atom. The van der Waals surface area contributed by atoms with Gasteiger partial charge in [-0.05, 0) is 19.8 Å². The number of nitrogens with two attached hydrogens (primary N) is 1. The zero-order chi connectivity index (χ0) is 8.97. The van der Waals surface area contributed by atoms with Gasteiger partial charge in [0.05, 0.1) is 6.10 Å². The maximum Gasteiger partial charge on any atom is 0.0591 e. The van der Waals surface area contributed by atoms with Gasteiger partial charge in [-0.25, -0.2) is 0 Å². The van der Waals surface area contributed by atoms with Gasteiger partial charge in [-0.15, -0.1) is 0 Å². The second-order valence-corrected chi connectivity index (χ2v) is 3.59. The Bertz CT molecular complexity index is 130. The number of hydrogen-bond acceptors (Lipinski definition) is 3. The predicted octanol–water partition coefficient (Wildman–Crippen LogP) is 1.04. The fourth-order valence-electron chi connectivity index (χ4n) is 2.01. The second-order valence-electron chi connectivity index (χ2n) is 3.59. The van der Waals surface area contributed by atoms with Crippen LogP contribution in [0.1, 0.15) is 33.1 Å². The van der Waals surface area contributed by atoms with Crippen molar-refractivity contribution in [1.29, 1.82) is 0 Å². The maximum absolute atomic E-state index is 5.50. The number of rotatable bonds is 4. The molecule has 3 atom stereocenters. The number of ether oxygens (including phenoxy) is 1. The van der Waals surface area contributed by atoms with Crippen LogP contribution in [-0.4, -0.2) is 18.8 Å². The molecule has 1 aliphatic rings. The highest BCUT2D eigenvalue weighted by Crippen LogP contribution is 2.25. The van der Waals surface area contributed by atoms with Crippen molar-refractivity contribution in [2.24, 2.45) is 11.8 Å². The minimum absolute atomic E-state index is 0.373. The van der Waals surface area contributed by atoms with Crippen LogP contribution in [0.5, 0.6) is 0 Å². The average molecular weight is 172 g/mol. The summed E-state index contributed by atoms with van der Waals surface area (Å²) in [5.41, 5.74) is 2.90. The molecule has 1 rings (SSSR count). The Balaban J connectivity index is 2.41. The molecule has 1 aliphatic heterocycles. The molecule has 3 nitrogen and oxygen atoms in total. The first-order valence-corrected chi connectivity index (χ1v) is 4.87. The highest BCUT2D eigenvalue weighted by atomic mass is 16.5. The second kappa shape index (κ2) is 4.80. The first-order chi connectivity index (χ1) is 5.79. The summed E-state index contributed by atoms with van der Waals surface area (Å²) >= 11 is 0. The molecule has 0 amide bonds. The van der Waals surface area contributed by atoms with Crippen molar-refractivity contribution in [2.45, 2.75) is 45.3 Å². The molecule has 0 aromatic carbocycles. The average Bonchev–Trinajstić information content (AvgIpc) is 2.47. The van der Waals surface area contributed by atoms with E-state index >= 15 is 0 Å². The molecule has 3 heteroatoms. The van der Waals surface area contributed by atoms with Crippen molar-refractivity contribution < 1.29 is 4.74 Å². The van der Waals surface area contributed by atoms with Crippen LogP contribution in [0.2, 0.25) is 0 Å². The van der Waals surface area contributed by atoms with E-state index in [4.69, 9.17) is 10.6 Å². The van der Waals surface area contributed by atoms with E-state index in [1.165, 1.54) is 6.42 Å². The van der Waals surface area contributed by atoms with Crippen LogP contribution in [0.3, 0.4) is 0 Å².